The molecule has 8 nitrogen and oxygen atoms in total. The topological polar surface area (TPSA) is 106 Å². The quantitative estimate of drug-likeness (QED) is 0.397. The minimum atomic E-state index is -0.831. The Morgan fingerprint density at radius 3 is 2.75 bits per heavy atom. The molecule has 188 valence electrons. The molecule has 4 aromatic rings. The summed E-state index contributed by atoms with van der Waals surface area (Å²) >= 11 is 0. The van der Waals surface area contributed by atoms with Gasteiger partial charge in [-0.15, -0.1) is 0 Å². The Bertz CT molecular complexity index is 1460. The molecular formula is C28H33N5O3. The minimum Gasteiger partial charge on any atom is -0.410 e. The summed E-state index contributed by atoms with van der Waals surface area (Å²) in [5, 5.41) is 10.4. The third-order valence-corrected chi connectivity index (χ3v) is 6.91. The second-order valence-corrected chi connectivity index (χ2v) is 10.5. The number of hydrogen-bond donors (Lipinski definition) is 2. The van der Waals surface area contributed by atoms with Crippen LogP contribution >= 0.6 is 0 Å². The molecule has 0 radical (unpaired) electrons. The zero-order chi connectivity index (χ0) is 25.6. The number of aromatic amines is 1. The van der Waals surface area contributed by atoms with Crippen LogP contribution in [-0.2, 0) is 11.3 Å². The van der Waals surface area contributed by atoms with E-state index in [2.05, 4.69) is 61.8 Å². The molecule has 0 unspecified atom stereocenters. The predicted octanol–water partition coefficient (Wildman–Crippen LogP) is 5.28. The second-order valence-electron chi connectivity index (χ2n) is 10.5. The Morgan fingerprint density at radius 1 is 1.22 bits per heavy atom. The van der Waals surface area contributed by atoms with Gasteiger partial charge in [-0.3, -0.25) is 15.0 Å². The molecule has 0 spiro atoms. The maximum Gasteiger partial charge on any atom is 0.409 e. The van der Waals surface area contributed by atoms with Gasteiger partial charge in [0.05, 0.1) is 29.6 Å². The third kappa shape index (κ3) is 4.54. The molecule has 1 saturated heterocycles. The number of ether oxygens (including phenoxy) is 2. The van der Waals surface area contributed by atoms with Crippen molar-refractivity contribution in [2.75, 3.05) is 19.7 Å². The zero-order valence-corrected chi connectivity index (χ0v) is 21.5. The van der Waals surface area contributed by atoms with E-state index in [0.717, 1.165) is 63.8 Å². The first-order valence-electron chi connectivity index (χ1n) is 12.4. The standard InChI is InChI=1S/C28H33N5O3/c1-16(2)19-8-9-24-22(13-30-32-24)25(19)26-20-7-6-18(36-27(29)34)12-21(20)23(17(3)31-26)14-33-10-11-35-28(4,5)15-33/h6-9,12-13,16H,10-11,14-15H2,1-5H3,(H2,29,34)(H,30,32). The van der Waals surface area contributed by atoms with E-state index in [1.54, 1.807) is 6.07 Å². The van der Waals surface area contributed by atoms with Crippen molar-refractivity contribution in [2.45, 2.75) is 52.7 Å². The van der Waals surface area contributed by atoms with Gasteiger partial charge in [0.1, 0.15) is 5.75 Å². The van der Waals surface area contributed by atoms with Crippen molar-refractivity contribution < 1.29 is 14.3 Å². The zero-order valence-electron chi connectivity index (χ0n) is 21.5. The highest BCUT2D eigenvalue weighted by molar-refractivity contribution is 6.05. The highest BCUT2D eigenvalue weighted by Gasteiger charge is 2.28. The van der Waals surface area contributed by atoms with E-state index in [0.29, 0.717) is 18.3 Å². The number of amides is 1. The van der Waals surface area contributed by atoms with Crippen molar-refractivity contribution in [2.24, 2.45) is 5.73 Å². The van der Waals surface area contributed by atoms with Crippen LogP contribution < -0.4 is 10.5 Å². The largest absolute Gasteiger partial charge is 0.410 e. The lowest BCUT2D eigenvalue weighted by molar-refractivity contribution is -0.0882. The van der Waals surface area contributed by atoms with Gasteiger partial charge in [0.15, 0.2) is 0 Å². The molecular weight excluding hydrogens is 454 g/mol. The van der Waals surface area contributed by atoms with Gasteiger partial charge in [0.25, 0.3) is 0 Å². The number of aryl methyl sites for hydroxylation is 1. The Labute approximate surface area is 210 Å². The van der Waals surface area contributed by atoms with Crippen LogP contribution in [0.5, 0.6) is 5.75 Å². The van der Waals surface area contributed by atoms with Crippen LogP contribution in [-0.4, -0.2) is 51.5 Å². The molecule has 2 aromatic carbocycles. The van der Waals surface area contributed by atoms with E-state index < -0.39 is 6.09 Å². The van der Waals surface area contributed by atoms with Crippen LogP contribution in [0.2, 0.25) is 0 Å². The number of primary amides is 1. The smallest absolute Gasteiger partial charge is 0.409 e. The van der Waals surface area contributed by atoms with Gasteiger partial charge in [-0.1, -0.05) is 19.9 Å². The molecule has 1 amide bonds. The lowest BCUT2D eigenvalue weighted by Crippen LogP contribution is -2.47. The predicted molar refractivity (Wildman–Crippen MR) is 141 cm³/mol. The number of benzene rings is 2. The van der Waals surface area contributed by atoms with Crippen molar-refractivity contribution in [3.8, 4) is 17.0 Å². The van der Waals surface area contributed by atoms with Crippen LogP contribution in [0.4, 0.5) is 4.79 Å². The highest BCUT2D eigenvalue weighted by atomic mass is 16.5. The molecule has 5 rings (SSSR count). The Kier molecular flexibility index (Phi) is 6.18. The molecule has 3 heterocycles. The van der Waals surface area contributed by atoms with Crippen LogP contribution in [0.3, 0.4) is 0 Å². The second kappa shape index (κ2) is 9.19. The average Bonchev–Trinajstić information content (AvgIpc) is 3.28. The number of nitrogens with one attached hydrogen (secondary N) is 1. The van der Waals surface area contributed by atoms with E-state index in [1.165, 1.54) is 5.56 Å². The maximum atomic E-state index is 11.5. The first kappa shape index (κ1) is 24.2. The molecule has 1 fully saturated rings. The monoisotopic (exact) mass is 487 g/mol. The third-order valence-electron chi connectivity index (χ3n) is 6.91. The molecule has 2 aromatic heterocycles. The molecule has 0 aliphatic carbocycles. The Balaban J connectivity index is 1.74. The minimum absolute atomic E-state index is 0.210. The van der Waals surface area contributed by atoms with Crippen LogP contribution in [0.15, 0.2) is 36.5 Å². The van der Waals surface area contributed by atoms with Crippen molar-refractivity contribution >= 4 is 27.8 Å². The molecule has 0 atom stereocenters. The highest BCUT2D eigenvalue weighted by Crippen LogP contribution is 2.40. The molecule has 8 heteroatoms. The van der Waals surface area contributed by atoms with Crippen LogP contribution in [0, 0.1) is 6.92 Å². The van der Waals surface area contributed by atoms with Gasteiger partial charge >= 0.3 is 6.09 Å². The fourth-order valence-electron chi connectivity index (χ4n) is 5.29. The number of aromatic nitrogens is 3. The van der Waals surface area contributed by atoms with Gasteiger partial charge in [-0.25, -0.2) is 4.79 Å². The summed E-state index contributed by atoms with van der Waals surface area (Å²) in [6, 6.07) is 9.88. The summed E-state index contributed by atoms with van der Waals surface area (Å²) in [6.45, 7) is 13.7. The summed E-state index contributed by atoms with van der Waals surface area (Å²) in [5.41, 5.74) is 11.3. The van der Waals surface area contributed by atoms with Gasteiger partial charge in [-0.05, 0) is 67.5 Å². The molecule has 1 aliphatic rings. The molecule has 0 bridgehead atoms. The SMILES string of the molecule is Cc1nc(-c2c(C(C)C)ccc3[nH]ncc23)c2ccc(OC(N)=O)cc2c1CN1CCOC(C)(C)C1. The number of fused-ring (bicyclic) bond motifs is 2. The van der Waals surface area contributed by atoms with E-state index in [9.17, 15) is 4.79 Å². The van der Waals surface area contributed by atoms with E-state index in [4.69, 9.17) is 20.2 Å². The van der Waals surface area contributed by atoms with E-state index in [1.807, 2.05) is 18.3 Å². The van der Waals surface area contributed by atoms with E-state index >= 15 is 0 Å². The Hall–Kier alpha value is -3.49. The lowest BCUT2D eigenvalue weighted by atomic mass is 9.89. The first-order valence-corrected chi connectivity index (χ1v) is 12.4. The number of nitrogens with two attached hydrogens (primary N) is 1. The number of carbonyl (C=O) groups excluding carboxylic acids is 1. The lowest BCUT2D eigenvalue weighted by Gasteiger charge is -2.38. The summed E-state index contributed by atoms with van der Waals surface area (Å²) in [4.78, 5) is 19.1. The molecule has 36 heavy (non-hydrogen) atoms. The maximum absolute atomic E-state index is 11.5. The number of hydrogen-bond acceptors (Lipinski definition) is 6. The first-order chi connectivity index (χ1) is 17.1. The number of morpholine rings is 1. The van der Waals surface area contributed by atoms with Crippen molar-refractivity contribution in [3.63, 3.8) is 0 Å². The molecule has 3 N–H and O–H groups in total. The van der Waals surface area contributed by atoms with Crippen molar-refractivity contribution in [3.05, 3.63) is 53.3 Å². The average molecular weight is 488 g/mol. The van der Waals surface area contributed by atoms with Crippen LogP contribution in [0.1, 0.15) is 50.4 Å². The van der Waals surface area contributed by atoms with Crippen molar-refractivity contribution in [1.82, 2.24) is 20.1 Å². The number of carbonyl (C=O) groups is 1. The summed E-state index contributed by atoms with van der Waals surface area (Å²) in [5.74, 6) is 0.713. The molecule has 0 saturated carbocycles. The Morgan fingerprint density at radius 2 is 2.03 bits per heavy atom. The van der Waals surface area contributed by atoms with Gasteiger partial charge in [0.2, 0.25) is 0 Å². The number of H-pyrrole nitrogens is 1. The fourth-order valence-corrected chi connectivity index (χ4v) is 5.29. The summed E-state index contributed by atoms with van der Waals surface area (Å²) < 4.78 is 11.2. The summed E-state index contributed by atoms with van der Waals surface area (Å²) in [6.07, 6.45) is 1.04. The number of pyridine rings is 1. The summed E-state index contributed by atoms with van der Waals surface area (Å²) in [7, 11) is 0. The fraction of sp³-hybridized carbons (Fsp3) is 0.393. The molecule has 1 aliphatic heterocycles. The van der Waals surface area contributed by atoms with Gasteiger partial charge in [0, 0.05) is 41.7 Å². The van der Waals surface area contributed by atoms with Gasteiger partial charge < -0.3 is 15.2 Å². The number of nitrogens with zero attached hydrogens (tertiary/aromatic N) is 3. The normalized spacial score (nSPS) is 16.2. The number of rotatable bonds is 5. The van der Waals surface area contributed by atoms with E-state index in [-0.39, 0.29) is 5.60 Å². The van der Waals surface area contributed by atoms with Crippen LogP contribution in [0.25, 0.3) is 32.9 Å². The van der Waals surface area contributed by atoms with Gasteiger partial charge in [-0.2, -0.15) is 5.10 Å². The van der Waals surface area contributed by atoms with Crippen molar-refractivity contribution in [1.29, 1.82) is 0 Å².